The molecule has 0 fully saturated rings. The number of hydrogen-bond donors (Lipinski definition) is 0. The Balaban J connectivity index is 2.50. The van der Waals surface area contributed by atoms with Crippen molar-refractivity contribution in [2.24, 2.45) is 0 Å². The SMILES string of the molecule is CCOC(=O)c1cn(-c2ccc(F)cc2C)c2c(C)c(F)c(F)cc2c1=O. The maximum absolute atomic E-state index is 14.2. The molecule has 0 aliphatic heterocycles. The van der Waals surface area contributed by atoms with Crippen LogP contribution in [0, 0.1) is 31.3 Å². The number of carbonyl (C=O) groups is 1. The van der Waals surface area contributed by atoms with Crippen molar-refractivity contribution in [3.05, 3.63) is 74.8 Å². The second-order valence-electron chi connectivity index (χ2n) is 6.09. The molecule has 0 aliphatic rings. The van der Waals surface area contributed by atoms with Crippen LogP contribution >= 0.6 is 0 Å². The Bertz CT molecular complexity index is 1140. The Morgan fingerprint density at radius 1 is 1.15 bits per heavy atom. The summed E-state index contributed by atoms with van der Waals surface area (Å²) in [7, 11) is 0. The van der Waals surface area contributed by atoms with Crippen LogP contribution in [0.5, 0.6) is 0 Å². The minimum Gasteiger partial charge on any atom is -0.462 e. The van der Waals surface area contributed by atoms with Crippen molar-refractivity contribution in [1.29, 1.82) is 0 Å². The first-order valence-corrected chi connectivity index (χ1v) is 8.23. The molecule has 3 rings (SSSR count). The molecule has 1 heterocycles. The molecule has 0 saturated carbocycles. The van der Waals surface area contributed by atoms with E-state index in [0.717, 1.165) is 6.07 Å². The topological polar surface area (TPSA) is 48.3 Å². The average Bonchev–Trinajstić information content (AvgIpc) is 2.61. The van der Waals surface area contributed by atoms with Gasteiger partial charge >= 0.3 is 5.97 Å². The number of nitrogens with zero attached hydrogens (tertiary/aromatic N) is 1. The number of hydrogen-bond acceptors (Lipinski definition) is 3. The molecule has 4 nitrogen and oxygen atoms in total. The Morgan fingerprint density at radius 3 is 2.48 bits per heavy atom. The van der Waals surface area contributed by atoms with E-state index in [9.17, 15) is 22.8 Å². The zero-order chi connectivity index (χ0) is 19.9. The van der Waals surface area contributed by atoms with Crippen LogP contribution in [0.2, 0.25) is 0 Å². The van der Waals surface area contributed by atoms with Crippen molar-refractivity contribution in [3.63, 3.8) is 0 Å². The molecule has 0 radical (unpaired) electrons. The summed E-state index contributed by atoms with van der Waals surface area (Å²) in [6, 6.07) is 4.66. The van der Waals surface area contributed by atoms with Crippen LogP contribution in [-0.2, 0) is 4.74 Å². The first-order chi connectivity index (χ1) is 12.8. The third-order valence-electron chi connectivity index (χ3n) is 4.32. The largest absolute Gasteiger partial charge is 0.462 e. The predicted molar refractivity (Wildman–Crippen MR) is 94.8 cm³/mol. The van der Waals surface area contributed by atoms with Crippen LogP contribution in [0.4, 0.5) is 13.2 Å². The highest BCUT2D eigenvalue weighted by molar-refractivity contribution is 5.95. The molecule has 0 unspecified atom stereocenters. The van der Waals surface area contributed by atoms with E-state index in [1.807, 2.05) is 0 Å². The summed E-state index contributed by atoms with van der Waals surface area (Å²) < 4.78 is 47.9. The van der Waals surface area contributed by atoms with Gasteiger partial charge in [0.05, 0.1) is 17.5 Å². The van der Waals surface area contributed by atoms with Gasteiger partial charge in [0.2, 0.25) is 5.43 Å². The lowest BCUT2D eigenvalue weighted by molar-refractivity contribution is 0.0524. The first kappa shape index (κ1) is 18.7. The van der Waals surface area contributed by atoms with Gasteiger partial charge in [0, 0.05) is 17.4 Å². The number of aryl methyl sites for hydroxylation is 2. The van der Waals surface area contributed by atoms with E-state index < -0.39 is 28.8 Å². The summed E-state index contributed by atoms with van der Waals surface area (Å²) in [5.41, 5.74) is -0.178. The Labute approximate surface area is 152 Å². The van der Waals surface area contributed by atoms with Gasteiger partial charge in [-0.3, -0.25) is 4.79 Å². The van der Waals surface area contributed by atoms with Crippen molar-refractivity contribution in [3.8, 4) is 5.69 Å². The number of aromatic nitrogens is 1. The van der Waals surface area contributed by atoms with E-state index in [1.165, 1.54) is 35.9 Å². The van der Waals surface area contributed by atoms with Crippen LogP contribution < -0.4 is 5.43 Å². The molecule has 0 spiro atoms. The fourth-order valence-electron chi connectivity index (χ4n) is 3.06. The van der Waals surface area contributed by atoms with Gasteiger partial charge in [-0.25, -0.2) is 18.0 Å². The van der Waals surface area contributed by atoms with Gasteiger partial charge in [-0.1, -0.05) is 0 Å². The van der Waals surface area contributed by atoms with Crippen molar-refractivity contribution in [1.82, 2.24) is 4.57 Å². The normalized spacial score (nSPS) is 11.0. The summed E-state index contributed by atoms with van der Waals surface area (Å²) in [6.07, 6.45) is 1.22. The zero-order valence-electron chi connectivity index (χ0n) is 14.9. The van der Waals surface area contributed by atoms with E-state index in [1.54, 1.807) is 13.8 Å². The quantitative estimate of drug-likeness (QED) is 0.645. The molecule has 0 N–H and O–H groups in total. The third kappa shape index (κ3) is 3.09. The van der Waals surface area contributed by atoms with Gasteiger partial charge in [0.25, 0.3) is 0 Å². The number of fused-ring (bicyclic) bond motifs is 1. The number of rotatable bonds is 3. The summed E-state index contributed by atoms with van der Waals surface area (Å²) in [6.45, 7) is 4.59. The van der Waals surface area contributed by atoms with Gasteiger partial charge in [-0.2, -0.15) is 0 Å². The molecule has 140 valence electrons. The van der Waals surface area contributed by atoms with Crippen LogP contribution in [0.3, 0.4) is 0 Å². The average molecular weight is 375 g/mol. The minimum absolute atomic E-state index is 0.0443. The summed E-state index contributed by atoms with van der Waals surface area (Å²) in [5.74, 6) is -3.64. The number of carbonyl (C=O) groups excluding carboxylic acids is 1. The van der Waals surface area contributed by atoms with E-state index in [2.05, 4.69) is 0 Å². The van der Waals surface area contributed by atoms with E-state index in [0.29, 0.717) is 11.3 Å². The maximum atomic E-state index is 14.2. The summed E-state index contributed by atoms with van der Waals surface area (Å²) >= 11 is 0. The summed E-state index contributed by atoms with van der Waals surface area (Å²) in [4.78, 5) is 24.9. The molecule has 0 amide bonds. The molecule has 0 atom stereocenters. The molecule has 0 bridgehead atoms. The summed E-state index contributed by atoms with van der Waals surface area (Å²) in [5, 5.41) is -0.166. The second kappa shape index (κ2) is 6.90. The molecule has 0 aliphatic carbocycles. The number of ether oxygens (including phenoxy) is 1. The Morgan fingerprint density at radius 2 is 1.85 bits per heavy atom. The second-order valence-corrected chi connectivity index (χ2v) is 6.09. The number of esters is 1. The van der Waals surface area contributed by atoms with E-state index in [-0.39, 0.29) is 28.6 Å². The highest BCUT2D eigenvalue weighted by Crippen LogP contribution is 2.27. The lowest BCUT2D eigenvalue weighted by atomic mass is 10.0. The van der Waals surface area contributed by atoms with Crippen LogP contribution in [-0.4, -0.2) is 17.1 Å². The first-order valence-electron chi connectivity index (χ1n) is 8.23. The van der Waals surface area contributed by atoms with Gasteiger partial charge in [-0.05, 0) is 50.6 Å². The molecule has 2 aromatic carbocycles. The van der Waals surface area contributed by atoms with Crippen molar-refractivity contribution >= 4 is 16.9 Å². The van der Waals surface area contributed by atoms with Crippen molar-refractivity contribution < 1.29 is 22.7 Å². The molecular weight excluding hydrogens is 359 g/mol. The lowest BCUT2D eigenvalue weighted by Crippen LogP contribution is -2.21. The van der Waals surface area contributed by atoms with Crippen molar-refractivity contribution in [2.45, 2.75) is 20.8 Å². The van der Waals surface area contributed by atoms with Gasteiger partial charge in [-0.15, -0.1) is 0 Å². The van der Waals surface area contributed by atoms with Gasteiger partial charge < -0.3 is 9.30 Å². The standard InChI is InChI=1S/C20H16F3NO3/c1-4-27-20(26)14-9-24(16-6-5-12(21)7-10(16)2)18-11(3)17(23)15(22)8-13(18)19(14)25/h5-9H,4H2,1-3H3. The molecule has 27 heavy (non-hydrogen) atoms. The molecular formula is C20H16F3NO3. The van der Waals surface area contributed by atoms with E-state index >= 15 is 0 Å². The molecule has 7 heteroatoms. The molecule has 0 saturated heterocycles. The zero-order valence-corrected chi connectivity index (χ0v) is 14.9. The van der Waals surface area contributed by atoms with Crippen LogP contribution in [0.1, 0.15) is 28.4 Å². The molecule has 1 aromatic heterocycles. The van der Waals surface area contributed by atoms with Crippen LogP contribution in [0.25, 0.3) is 16.6 Å². The highest BCUT2D eigenvalue weighted by Gasteiger charge is 2.22. The number of halogens is 3. The number of benzene rings is 2. The van der Waals surface area contributed by atoms with E-state index in [4.69, 9.17) is 4.74 Å². The lowest BCUT2D eigenvalue weighted by Gasteiger charge is -2.17. The monoisotopic (exact) mass is 375 g/mol. The minimum atomic E-state index is -1.19. The highest BCUT2D eigenvalue weighted by atomic mass is 19.2. The van der Waals surface area contributed by atoms with Gasteiger partial charge in [0.15, 0.2) is 11.6 Å². The van der Waals surface area contributed by atoms with Crippen LogP contribution in [0.15, 0.2) is 35.3 Å². The fraction of sp³-hybridized carbons (Fsp3) is 0.200. The predicted octanol–water partition coefficient (Wildman–Crippen LogP) is 4.20. The smallest absolute Gasteiger partial charge is 0.343 e. The maximum Gasteiger partial charge on any atom is 0.343 e. The Kier molecular flexibility index (Phi) is 4.78. The van der Waals surface area contributed by atoms with Crippen molar-refractivity contribution in [2.75, 3.05) is 6.61 Å². The third-order valence-corrected chi connectivity index (χ3v) is 4.32. The Hall–Kier alpha value is -3.09. The fourth-order valence-corrected chi connectivity index (χ4v) is 3.06. The number of pyridine rings is 1. The molecule has 3 aromatic rings. The van der Waals surface area contributed by atoms with Gasteiger partial charge in [0.1, 0.15) is 11.4 Å².